The predicted molar refractivity (Wildman–Crippen MR) is 59.2 cm³/mol. The van der Waals surface area contributed by atoms with E-state index in [1.54, 1.807) is 0 Å². The molecular formula is C9H6Cl3F2NO. The van der Waals surface area contributed by atoms with E-state index in [0.29, 0.717) is 0 Å². The van der Waals surface area contributed by atoms with Crippen LogP contribution in [0.15, 0.2) is 18.2 Å². The van der Waals surface area contributed by atoms with Crippen LogP contribution in [0.2, 0.25) is 0 Å². The summed E-state index contributed by atoms with van der Waals surface area (Å²) in [5.41, 5.74) is -0.0565. The molecule has 7 heteroatoms. The molecule has 1 aromatic carbocycles. The van der Waals surface area contributed by atoms with Crippen LogP contribution in [-0.2, 0) is 11.3 Å². The molecule has 1 aromatic rings. The molecule has 0 aliphatic heterocycles. The van der Waals surface area contributed by atoms with E-state index in [1.165, 1.54) is 12.1 Å². The van der Waals surface area contributed by atoms with Crippen molar-refractivity contribution in [1.82, 2.24) is 0 Å². The van der Waals surface area contributed by atoms with E-state index in [4.69, 9.17) is 44.9 Å². The van der Waals surface area contributed by atoms with Crippen LogP contribution in [-0.4, -0.2) is 9.69 Å². The normalized spacial score (nSPS) is 11.3. The fourth-order valence-corrected chi connectivity index (χ4v) is 1.06. The predicted octanol–water partition coefficient (Wildman–Crippen LogP) is 3.83. The van der Waals surface area contributed by atoms with E-state index in [-0.39, 0.29) is 12.2 Å². The fourth-order valence-electron chi connectivity index (χ4n) is 0.892. The van der Waals surface area contributed by atoms with Crippen molar-refractivity contribution in [1.29, 1.82) is 5.41 Å². The summed E-state index contributed by atoms with van der Waals surface area (Å²) in [6.07, 6.45) is 0. The molecule has 16 heavy (non-hydrogen) atoms. The lowest BCUT2D eigenvalue weighted by atomic mass is 10.2. The molecule has 0 aromatic heterocycles. The summed E-state index contributed by atoms with van der Waals surface area (Å²) in [6, 6.07) is 3.60. The summed E-state index contributed by atoms with van der Waals surface area (Å²) >= 11 is 16.0. The molecule has 0 atom stereocenters. The van der Waals surface area contributed by atoms with Crippen molar-refractivity contribution in [3.8, 4) is 0 Å². The quantitative estimate of drug-likeness (QED) is 0.501. The van der Waals surface area contributed by atoms with Gasteiger partial charge in [-0.3, -0.25) is 5.41 Å². The zero-order valence-corrected chi connectivity index (χ0v) is 10.0. The number of alkyl halides is 3. The van der Waals surface area contributed by atoms with Gasteiger partial charge in [0.1, 0.15) is 6.61 Å². The number of nitrogens with one attached hydrogen (secondary N) is 1. The molecule has 0 spiro atoms. The Morgan fingerprint density at radius 2 is 1.94 bits per heavy atom. The van der Waals surface area contributed by atoms with E-state index < -0.39 is 21.3 Å². The van der Waals surface area contributed by atoms with Gasteiger partial charge in [-0.15, -0.1) is 0 Å². The second kappa shape index (κ2) is 5.17. The van der Waals surface area contributed by atoms with Crippen LogP contribution in [0.1, 0.15) is 5.56 Å². The highest BCUT2D eigenvalue weighted by Crippen LogP contribution is 2.28. The summed E-state index contributed by atoms with van der Waals surface area (Å²) < 4.78 is 28.6. The first-order valence-corrected chi connectivity index (χ1v) is 5.17. The van der Waals surface area contributed by atoms with Gasteiger partial charge in [-0.1, -0.05) is 46.9 Å². The molecule has 0 fully saturated rings. The van der Waals surface area contributed by atoms with Crippen LogP contribution >= 0.6 is 34.8 Å². The van der Waals surface area contributed by atoms with Crippen molar-refractivity contribution in [2.24, 2.45) is 0 Å². The summed E-state index contributed by atoms with van der Waals surface area (Å²) in [5, 5.41) is 7.18. The lowest BCUT2D eigenvalue weighted by molar-refractivity contribution is 0.276. The maximum absolute atomic E-state index is 13.1. The van der Waals surface area contributed by atoms with Crippen LogP contribution in [0.5, 0.6) is 0 Å². The number of hydrogen-bond donors (Lipinski definition) is 1. The first-order chi connectivity index (χ1) is 7.32. The van der Waals surface area contributed by atoms with E-state index >= 15 is 0 Å². The molecule has 0 unspecified atom stereocenters. The van der Waals surface area contributed by atoms with Gasteiger partial charge in [0.05, 0.1) is 0 Å². The molecule has 0 aliphatic carbocycles. The van der Waals surface area contributed by atoms with Crippen molar-refractivity contribution >= 4 is 40.7 Å². The van der Waals surface area contributed by atoms with Gasteiger partial charge >= 0.3 is 0 Å². The Balaban J connectivity index is 2.69. The molecule has 88 valence electrons. The molecule has 0 saturated carbocycles. The third-order valence-corrected chi connectivity index (χ3v) is 2.18. The van der Waals surface area contributed by atoms with Gasteiger partial charge in [0.2, 0.25) is 5.90 Å². The number of benzene rings is 1. The van der Waals surface area contributed by atoms with Gasteiger partial charge in [-0.25, -0.2) is 8.78 Å². The van der Waals surface area contributed by atoms with Crippen LogP contribution in [0, 0.1) is 17.0 Å². The third kappa shape index (κ3) is 3.47. The zero-order chi connectivity index (χ0) is 12.3. The molecule has 0 saturated heterocycles. The number of rotatable bonds is 2. The number of hydrogen-bond acceptors (Lipinski definition) is 2. The van der Waals surface area contributed by atoms with Gasteiger partial charge in [0.15, 0.2) is 11.6 Å². The Hall–Kier alpha value is -0.580. The zero-order valence-electron chi connectivity index (χ0n) is 7.74. The topological polar surface area (TPSA) is 33.1 Å². The second-order valence-electron chi connectivity index (χ2n) is 2.83. The van der Waals surface area contributed by atoms with Crippen molar-refractivity contribution in [3.05, 3.63) is 35.4 Å². The highest BCUT2D eigenvalue weighted by molar-refractivity contribution is 6.75. The Labute approximate surface area is 106 Å². The molecule has 2 nitrogen and oxygen atoms in total. The fraction of sp³-hybridized carbons (Fsp3) is 0.222. The minimum atomic E-state index is -2.01. The van der Waals surface area contributed by atoms with Crippen molar-refractivity contribution in [2.75, 3.05) is 0 Å². The standard InChI is InChI=1S/C9H6Cl3F2NO/c10-9(11,12)8(15)16-4-5-2-1-3-6(13)7(5)14/h1-3,15H,4H2. The average Bonchev–Trinajstić information content (AvgIpc) is 2.18. The van der Waals surface area contributed by atoms with Crippen LogP contribution < -0.4 is 0 Å². The Morgan fingerprint density at radius 3 is 2.50 bits per heavy atom. The molecule has 0 aliphatic rings. The molecule has 1 N–H and O–H groups in total. The lowest BCUT2D eigenvalue weighted by Crippen LogP contribution is -2.21. The van der Waals surface area contributed by atoms with Gasteiger partial charge < -0.3 is 4.74 Å². The minimum Gasteiger partial charge on any atom is -0.473 e. The summed E-state index contributed by atoms with van der Waals surface area (Å²) in [4.78, 5) is 0. The monoisotopic (exact) mass is 287 g/mol. The van der Waals surface area contributed by atoms with Gasteiger partial charge in [-0.05, 0) is 6.07 Å². The van der Waals surface area contributed by atoms with E-state index in [9.17, 15) is 8.78 Å². The highest BCUT2D eigenvalue weighted by atomic mass is 35.6. The Kier molecular flexibility index (Phi) is 4.35. The molecule has 0 heterocycles. The van der Waals surface area contributed by atoms with E-state index in [1.807, 2.05) is 0 Å². The molecule has 0 amide bonds. The Bertz CT molecular complexity index is 406. The molecule has 1 rings (SSSR count). The first kappa shape index (κ1) is 13.5. The second-order valence-corrected chi connectivity index (χ2v) is 5.11. The number of halogens is 5. The van der Waals surface area contributed by atoms with Crippen molar-refractivity contribution in [3.63, 3.8) is 0 Å². The first-order valence-electron chi connectivity index (χ1n) is 4.04. The molecule has 0 bridgehead atoms. The lowest BCUT2D eigenvalue weighted by Gasteiger charge is -2.13. The largest absolute Gasteiger partial charge is 0.473 e. The summed E-state index contributed by atoms with van der Waals surface area (Å²) in [6.45, 7) is -0.379. The minimum absolute atomic E-state index is 0.0565. The summed E-state index contributed by atoms with van der Waals surface area (Å²) in [5.74, 6) is -2.69. The van der Waals surface area contributed by atoms with E-state index in [2.05, 4.69) is 0 Å². The van der Waals surface area contributed by atoms with Gasteiger partial charge in [-0.2, -0.15) is 0 Å². The number of ether oxygens (including phenoxy) is 1. The maximum Gasteiger partial charge on any atom is 0.265 e. The maximum atomic E-state index is 13.1. The molecular weight excluding hydrogens is 282 g/mol. The van der Waals surface area contributed by atoms with Crippen LogP contribution in [0.25, 0.3) is 0 Å². The van der Waals surface area contributed by atoms with Gasteiger partial charge in [0.25, 0.3) is 3.79 Å². The van der Waals surface area contributed by atoms with Crippen molar-refractivity contribution in [2.45, 2.75) is 10.4 Å². The Morgan fingerprint density at radius 1 is 1.31 bits per heavy atom. The van der Waals surface area contributed by atoms with Crippen LogP contribution in [0.4, 0.5) is 8.78 Å². The third-order valence-electron chi connectivity index (χ3n) is 1.66. The van der Waals surface area contributed by atoms with Gasteiger partial charge in [0, 0.05) is 5.56 Å². The molecule has 0 radical (unpaired) electrons. The smallest absolute Gasteiger partial charge is 0.265 e. The van der Waals surface area contributed by atoms with Crippen LogP contribution in [0.3, 0.4) is 0 Å². The highest BCUT2D eigenvalue weighted by Gasteiger charge is 2.28. The van der Waals surface area contributed by atoms with Crippen molar-refractivity contribution < 1.29 is 13.5 Å². The van der Waals surface area contributed by atoms with E-state index in [0.717, 1.165) is 6.07 Å². The average molecular weight is 289 g/mol. The SMILES string of the molecule is N=C(OCc1cccc(F)c1F)C(Cl)(Cl)Cl. The summed E-state index contributed by atoms with van der Waals surface area (Å²) in [7, 11) is 0.